The number of benzene rings is 1. The van der Waals surface area contributed by atoms with Gasteiger partial charge in [-0.15, -0.1) is 0 Å². The number of hydrogen-bond donors (Lipinski definition) is 1. The molecule has 2 N–H and O–H groups in total. The molecule has 0 radical (unpaired) electrons. The predicted octanol–water partition coefficient (Wildman–Crippen LogP) is 5.10. The minimum Gasteiger partial charge on any atom is -0.383 e. The van der Waals surface area contributed by atoms with Crippen LogP contribution in [0, 0.1) is 5.92 Å². The largest absolute Gasteiger partial charge is 0.383 e. The van der Waals surface area contributed by atoms with E-state index >= 15 is 0 Å². The van der Waals surface area contributed by atoms with E-state index in [1.807, 2.05) is 48.7 Å². The number of carbonyl (C=O) groups excluding carboxylic acids is 1. The first kappa shape index (κ1) is 23.4. The topological polar surface area (TPSA) is 98.6 Å². The highest BCUT2D eigenvalue weighted by Gasteiger charge is 2.31. The zero-order chi connectivity index (χ0) is 24.5. The lowest BCUT2D eigenvalue weighted by molar-refractivity contribution is -0.174. The maximum Gasteiger partial charge on any atom is 0.248 e. The molecule has 8 nitrogen and oxygen atoms in total. The molecule has 1 aliphatic carbocycles. The molecule has 0 bridgehead atoms. The summed E-state index contributed by atoms with van der Waals surface area (Å²) >= 11 is 3.66. The number of nitrogens with zero attached hydrogens (tertiary/aromatic N) is 5. The predicted molar refractivity (Wildman–Crippen MR) is 138 cm³/mol. The average Bonchev–Trinajstić information content (AvgIpc) is 3.34. The molecule has 1 saturated carbocycles. The van der Waals surface area contributed by atoms with Crippen molar-refractivity contribution in [3.8, 4) is 22.4 Å². The van der Waals surface area contributed by atoms with E-state index in [0.29, 0.717) is 11.5 Å². The lowest BCUT2D eigenvalue weighted by Crippen LogP contribution is -2.34. The molecule has 5 rings (SSSR count). The number of hydrogen-bond acceptors (Lipinski definition) is 6. The molecular formula is C26H27BrN6O2. The van der Waals surface area contributed by atoms with Crippen LogP contribution in [0.4, 0.5) is 5.82 Å². The van der Waals surface area contributed by atoms with Crippen LogP contribution in [0.5, 0.6) is 0 Å². The zero-order valence-corrected chi connectivity index (χ0v) is 21.3. The fraction of sp³-hybridized carbons (Fsp3) is 0.308. The van der Waals surface area contributed by atoms with Gasteiger partial charge in [0.15, 0.2) is 5.65 Å². The SMILES string of the molecule is CON(C)C(=O)[C@H]1CC[C@H](c2nc3c(-c4ccc(-c5ccccc5)nc4)cnn3c(N)c2Br)CC1. The summed E-state index contributed by atoms with van der Waals surface area (Å²) in [4.78, 5) is 27.2. The van der Waals surface area contributed by atoms with Gasteiger partial charge in [-0.2, -0.15) is 9.61 Å². The fourth-order valence-corrected chi connectivity index (χ4v) is 5.36. The Kier molecular flexibility index (Phi) is 6.53. The van der Waals surface area contributed by atoms with Gasteiger partial charge in [-0.05, 0) is 47.7 Å². The van der Waals surface area contributed by atoms with Crippen LogP contribution in [0.3, 0.4) is 0 Å². The normalized spacial score (nSPS) is 18.0. The Hall–Kier alpha value is -3.30. The maximum absolute atomic E-state index is 12.5. The lowest BCUT2D eigenvalue weighted by atomic mass is 9.80. The quantitative estimate of drug-likeness (QED) is 0.357. The molecule has 1 amide bonds. The summed E-state index contributed by atoms with van der Waals surface area (Å²) in [5.74, 6) is 0.714. The van der Waals surface area contributed by atoms with Crippen LogP contribution in [-0.2, 0) is 9.63 Å². The Balaban J connectivity index is 1.44. The third-order valence-electron chi connectivity index (χ3n) is 6.84. The van der Waals surface area contributed by atoms with E-state index in [0.717, 1.165) is 58.2 Å². The van der Waals surface area contributed by atoms with Crippen molar-refractivity contribution >= 4 is 33.3 Å². The van der Waals surface area contributed by atoms with E-state index in [4.69, 9.17) is 15.6 Å². The Bertz CT molecular complexity index is 1350. The second-order valence-electron chi connectivity index (χ2n) is 8.85. The van der Waals surface area contributed by atoms with Gasteiger partial charge in [0.1, 0.15) is 5.82 Å². The zero-order valence-electron chi connectivity index (χ0n) is 19.7. The molecular weight excluding hydrogens is 508 g/mol. The number of halogens is 1. The van der Waals surface area contributed by atoms with Crippen molar-refractivity contribution in [1.82, 2.24) is 24.6 Å². The van der Waals surface area contributed by atoms with Crippen molar-refractivity contribution in [1.29, 1.82) is 0 Å². The Morgan fingerprint density at radius 3 is 2.49 bits per heavy atom. The van der Waals surface area contributed by atoms with Crippen LogP contribution in [0.25, 0.3) is 28.0 Å². The molecule has 0 aliphatic heterocycles. The molecule has 35 heavy (non-hydrogen) atoms. The van der Waals surface area contributed by atoms with Gasteiger partial charge in [-0.3, -0.25) is 14.6 Å². The number of aromatic nitrogens is 4. The van der Waals surface area contributed by atoms with Crippen LogP contribution in [0.2, 0.25) is 0 Å². The first-order chi connectivity index (χ1) is 17.0. The van der Waals surface area contributed by atoms with Gasteiger partial charge < -0.3 is 5.73 Å². The highest BCUT2D eigenvalue weighted by molar-refractivity contribution is 9.10. The highest BCUT2D eigenvalue weighted by atomic mass is 79.9. The van der Waals surface area contributed by atoms with Crippen LogP contribution in [0.15, 0.2) is 59.3 Å². The maximum atomic E-state index is 12.5. The van der Waals surface area contributed by atoms with E-state index in [1.165, 1.54) is 12.2 Å². The van der Waals surface area contributed by atoms with Gasteiger partial charge in [0, 0.05) is 41.8 Å². The standard InChI is InChI=1S/C26H27BrN6O2/c1-32(35-2)26(34)18-10-8-17(9-11-18)23-22(27)24(28)33-25(31-23)20(15-30-33)19-12-13-21(29-14-19)16-6-4-3-5-7-16/h3-7,12-15,17-18H,8-11,28H2,1-2H3/t17-,18-. The van der Waals surface area contributed by atoms with Gasteiger partial charge in [0.25, 0.3) is 0 Å². The molecule has 3 heterocycles. The third-order valence-corrected chi connectivity index (χ3v) is 7.65. The minimum atomic E-state index is -0.0317. The molecule has 180 valence electrons. The number of hydroxylamine groups is 2. The van der Waals surface area contributed by atoms with E-state index in [-0.39, 0.29) is 17.7 Å². The van der Waals surface area contributed by atoms with Crippen molar-refractivity contribution in [2.45, 2.75) is 31.6 Å². The number of nitrogens with two attached hydrogens (primary N) is 1. The van der Waals surface area contributed by atoms with E-state index in [1.54, 1.807) is 17.8 Å². The van der Waals surface area contributed by atoms with Crippen molar-refractivity contribution in [3.05, 3.63) is 65.0 Å². The van der Waals surface area contributed by atoms with Crippen LogP contribution < -0.4 is 5.73 Å². The number of fused-ring (bicyclic) bond motifs is 1. The summed E-state index contributed by atoms with van der Waals surface area (Å²) < 4.78 is 2.43. The van der Waals surface area contributed by atoms with Gasteiger partial charge in [0.2, 0.25) is 5.91 Å². The second-order valence-corrected chi connectivity index (χ2v) is 9.65. The van der Waals surface area contributed by atoms with E-state index in [2.05, 4.69) is 26.0 Å². The molecule has 3 aromatic heterocycles. The number of carbonyl (C=O) groups is 1. The highest BCUT2D eigenvalue weighted by Crippen LogP contribution is 2.41. The minimum absolute atomic E-state index is 0.0254. The molecule has 4 aromatic rings. The van der Waals surface area contributed by atoms with Crippen molar-refractivity contribution < 1.29 is 9.63 Å². The Morgan fingerprint density at radius 1 is 1.09 bits per heavy atom. The summed E-state index contributed by atoms with van der Waals surface area (Å²) in [5.41, 5.74) is 11.9. The number of nitrogen functional groups attached to an aromatic ring is 1. The van der Waals surface area contributed by atoms with Crippen molar-refractivity contribution in [3.63, 3.8) is 0 Å². The number of amides is 1. The number of rotatable bonds is 5. The molecule has 1 fully saturated rings. The third kappa shape index (κ3) is 4.41. The van der Waals surface area contributed by atoms with Gasteiger partial charge >= 0.3 is 0 Å². The average molecular weight is 535 g/mol. The summed E-state index contributed by atoms with van der Waals surface area (Å²) in [6, 6.07) is 14.1. The summed E-state index contributed by atoms with van der Waals surface area (Å²) in [6.07, 6.45) is 6.91. The van der Waals surface area contributed by atoms with E-state index < -0.39 is 0 Å². The van der Waals surface area contributed by atoms with Crippen LogP contribution in [-0.4, -0.2) is 44.7 Å². The second kappa shape index (κ2) is 9.75. The molecule has 9 heteroatoms. The molecule has 1 aliphatic rings. The van der Waals surface area contributed by atoms with Gasteiger partial charge in [-0.25, -0.2) is 10.0 Å². The molecule has 0 unspecified atom stereocenters. The smallest absolute Gasteiger partial charge is 0.248 e. The summed E-state index contributed by atoms with van der Waals surface area (Å²) in [5, 5.41) is 5.81. The lowest BCUT2D eigenvalue weighted by Gasteiger charge is -2.30. The number of anilines is 1. The Labute approximate surface area is 212 Å². The first-order valence-electron chi connectivity index (χ1n) is 11.6. The van der Waals surface area contributed by atoms with Gasteiger partial charge in [0.05, 0.1) is 29.2 Å². The van der Waals surface area contributed by atoms with Crippen molar-refractivity contribution in [2.24, 2.45) is 5.92 Å². The van der Waals surface area contributed by atoms with E-state index in [9.17, 15) is 4.79 Å². The first-order valence-corrected chi connectivity index (χ1v) is 12.4. The molecule has 1 aromatic carbocycles. The van der Waals surface area contributed by atoms with Crippen LogP contribution in [0.1, 0.15) is 37.3 Å². The fourth-order valence-electron chi connectivity index (χ4n) is 4.78. The van der Waals surface area contributed by atoms with Crippen LogP contribution >= 0.6 is 15.9 Å². The Morgan fingerprint density at radius 2 is 1.83 bits per heavy atom. The van der Waals surface area contributed by atoms with Gasteiger partial charge in [-0.1, -0.05) is 36.4 Å². The molecule has 0 saturated heterocycles. The summed E-state index contributed by atoms with van der Waals surface area (Å²) in [7, 11) is 3.17. The number of pyridine rings is 1. The summed E-state index contributed by atoms with van der Waals surface area (Å²) in [6.45, 7) is 0. The molecule has 0 atom stereocenters. The van der Waals surface area contributed by atoms with Crippen molar-refractivity contribution in [2.75, 3.05) is 19.9 Å². The molecule has 0 spiro atoms. The monoisotopic (exact) mass is 534 g/mol.